The summed E-state index contributed by atoms with van der Waals surface area (Å²) >= 11 is 0. The third-order valence-corrected chi connectivity index (χ3v) is 6.26. The molecule has 3 N–H and O–H groups in total. The lowest BCUT2D eigenvalue weighted by atomic mass is 9.93. The fourth-order valence-corrected chi connectivity index (χ4v) is 4.52. The van der Waals surface area contributed by atoms with E-state index in [1.165, 1.54) is 6.20 Å². The van der Waals surface area contributed by atoms with E-state index in [-0.39, 0.29) is 11.8 Å². The number of carbonyl (C=O) groups is 2. The number of hydrogen-bond acceptors (Lipinski definition) is 5. The minimum absolute atomic E-state index is 0.294. The van der Waals surface area contributed by atoms with E-state index in [9.17, 15) is 9.59 Å². The zero-order chi connectivity index (χ0) is 25.9. The second kappa shape index (κ2) is 10.0. The normalized spacial score (nSPS) is 14.4. The number of hydrogen-bond donors (Lipinski definition) is 3. The second-order valence-electron chi connectivity index (χ2n) is 8.81. The lowest BCUT2D eigenvalue weighted by Gasteiger charge is -2.30. The molecule has 0 radical (unpaired) electrons. The molecule has 0 unspecified atom stereocenters. The first-order valence-electron chi connectivity index (χ1n) is 11.9. The number of aromatic nitrogens is 2. The highest BCUT2D eigenvalue weighted by Crippen LogP contribution is 2.38. The zero-order valence-electron chi connectivity index (χ0n) is 20.8. The summed E-state index contributed by atoms with van der Waals surface area (Å²) in [5.41, 5.74) is 4.67. The molecule has 37 heavy (non-hydrogen) atoms. The number of ether oxygens (including phenoxy) is 1. The fourth-order valence-electron chi connectivity index (χ4n) is 4.52. The van der Waals surface area contributed by atoms with Crippen molar-refractivity contribution in [2.45, 2.75) is 19.9 Å². The van der Waals surface area contributed by atoms with Crippen LogP contribution in [0.4, 0.5) is 17.2 Å². The van der Waals surface area contributed by atoms with Crippen LogP contribution >= 0.6 is 0 Å². The quantitative estimate of drug-likeness (QED) is 0.335. The van der Waals surface area contributed by atoms with Crippen LogP contribution in [0.3, 0.4) is 0 Å². The Morgan fingerprint density at radius 3 is 2.43 bits per heavy atom. The summed E-state index contributed by atoms with van der Waals surface area (Å²) in [6.07, 6.45) is 1.53. The highest BCUT2D eigenvalue weighted by Gasteiger charge is 2.35. The number of benzene rings is 3. The molecule has 0 fully saturated rings. The summed E-state index contributed by atoms with van der Waals surface area (Å²) in [7, 11) is 1.56. The molecule has 8 nitrogen and oxygen atoms in total. The number of rotatable bonds is 6. The van der Waals surface area contributed by atoms with E-state index in [0.717, 1.165) is 11.1 Å². The number of anilines is 3. The second-order valence-corrected chi connectivity index (χ2v) is 8.81. The molecule has 0 spiro atoms. The summed E-state index contributed by atoms with van der Waals surface area (Å²) in [6, 6.07) is 23.9. The van der Waals surface area contributed by atoms with Gasteiger partial charge in [-0.15, -0.1) is 0 Å². The summed E-state index contributed by atoms with van der Waals surface area (Å²) in [5, 5.41) is 13.7. The van der Waals surface area contributed by atoms with Gasteiger partial charge in [0.2, 0.25) is 0 Å². The van der Waals surface area contributed by atoms with Crippen LogP contribution in [0.25, 0.3) is 0 Å². The van der Waals surface area contributed by atoms with Crippen LogP contribution in [0.15, 0.2) is 96.3 Å². The Morgan fingerprint density at radius 1 is 0.919 bits per heavy atom. The molecule has 1 aromatic heterocycles. The maximum atomic E-state index is 13.7. The first-order chi connectivity index (χ1) is 18.0. The smallest absolute Gasteiger partial charge is 0.261 e. The largest absolute Gasteiger partial charge is 0.495 e. The van der Waals surface area contributed by atoms with Gasteiger partial charge in [0.15, 0.2) is 0 Å². The number of para-hydroxylation sites is 3. The van der Waals surface area contributed by atoms with Crippen molar-refractivity contribution in [3.8, 4) is 5.75 Å². The Bertz CT molecular complexity index is 1510. The van der Waals surface area contributed by atoms with Gasteiger partial charge in [-0.25, -0.2) is 4.68 Å². The molecule has 2 heterocycles. The zero-order valence-corrected chi connectivity index (χ0v) is 20.8. The van der Waals surface area contributed by atoms with Crippen LogP contribution in [0.2, 0.25) is 0 Å². The number of carbonyl (C=O) groups excluding carboxylic acids is 2. The van der Waals surface area contributed by atoms with Crippen molar-refractivity contribution in [1.82, 2.24) is 9.78 Å². The van der Waals surface area contributed by atoms with E-state index in [0.29, 0.717) is 39.8 Å². The van der Waals surface area contributed by atoms with Gasteiger partial charge in [-0.2, -0.15) is 5.10 Å². The highest BCUT2D eigenvalue weighted by molar-refractivity contribution is 6.09. The summed E-state index contributed by atoms with van der Waals surface area (Å²) in [4.78, 5) is 26.9. The van der Waals surface area contributed by atoms with Crippen LogP contribution in [-0.2, 0) is 4.79 Å². The molecule has 0 bridgehead atoms. The monoisotopic (exact) mass is 493 g/mol. The van der Waals surface area contributed by atoms with Crippen LogP contribution in [0, 0.1) is 6.92 Å². The topological polar surface area (TPSA) is 97.3 Å². The van der Waals surface area contributed by atoms with Crippen molar-refractivity contribution in [3.05, 3.63) is 113 Å². The number of nitrogens with one attached hydrogen (secondary N) is 3. The highest BCUT2D eigenvalue weighted by atomic mass is 16.5. The minimum Gasteiger partial charge on any atom is -0.495 e. The van der Waals surface area contributed by atoms with E-state index < -0.39 is 6.04 Å². The molecular formula is C29H27N5O3. The number of allylic oxidation sites excluding steroid dienone is 1. The van der Waals surface area contributed by atoms with E-state index >= 15 is 0 Å². The molecule has 186 valence electrons. The van der Waals surface area contributed by atoms with Crippen molar-refractivity contribution in [2.24, 2.45) is 0 Å². The number of amides is 2. The molecule has 3 aromatic carbocycles. The van der Waals surface area contributed by atoms with Gasteiger partial charge in [-0.1, -0.05) is 60.2 Å². The molecule has 0 saturated heterocycles. The Labute approximate surface area is 215 Å². The van der Waals surface area contributed by atoms with Gasteiger partial charge in [-0.05, 0) is 43.7 Å². The van der Waals surface area contributed by atoms with Crippen LogP contribution in [0.1, 0.15) is 34.5 Å². The first-order valence-corrected chi connectivity index (χ1v) is 11.9. The Hall–Kier alpha value is -4.85. The maximum absolute atomic E-state index is 13.7. The summed E-state index contributed by atoms with van der Waals surface area (Å²) in [5.74, 6) is 0.492. The van der Waals surface area contributed by atoms with Gasteiger partial charge in [0.05, 0.1) is 24.6 Å². The van der Waals surface area contributed by atoms with Crippen LogP contribution < -0.4 is 20.7 Å². The first kappa shape index (κ1) is 23.9. The Kier molecular flexibility index (Phi) is 6.47. The van der Waals surface area contributed by atoms with Crippen molar-refractivity contribution in [2.75, 3.05) is 23.1 Å². The Morgan fingerprint density at radius 2 is 1.68 bits per heavy atom. The number of aryl methyl sites for hydroxylation is 1. The van der Waals surface area contributed by atoms with Gasteiger partial charge in [-0.3, -0.25) is 9.59 Å². The van der Waals surface area contributed by atoms with Gasteiger partial charge in [0.25, 0.3) is 11.8 Å². The van der Waals surface area contributed by atoms with E-state index in [4.69, 9.17) is 4.74 Å². The van der Waals surface area contributed by atoms with Crippen LogP contribution in [0.5, 0.6) is 5.75 Å². The van der Waals surface area contributed by atoms with Crippen molar-refractivity contribution < 1.29 is 14.3 Å². The fraction of sp³-hybridized carbons (Fsp3) is 0.138. The lowest BCUT2D eigenvalue weighted by Crippen LogP contribution is -2.32. The van der Waals surface area contributed by atoms with Gasteiger partial charge in [0.1, 0.15) is 23.2 Å². The molecule has 0 saturated carbocycles. The molecule has 2 amide bonds. The van der Waals surface area contributed by atoms with Gasteiger partial charge in [0, 0.05) is 11.4 Å². The standard InChI is InChI=1S/C29H27N5O3/c1-18-10-9-11-20(16-18)26-25(29(36)33-23-14-7-8-15-24(23)37-3)19(2)31-27-22(17-30-34(26)27)28(35)32-21-12-5-4-6-13-21/h4-17,26,31H,1-3H3,(H,32,35)(H,33,36)/t26-/m1/s1. The molecule has 1 atom stereocenters. The Balaban J connectivity index is 1.56. The molecule has 5 rings (SSSR count). The predicted molar refractivity (Wildman–Crippen MR) is 144 cm³/mol. The number of nitrogens with zero attached hydrogens (tertiary/aromatic N) is 2. The minimum atomic E-state index is -0.552. The third kappa shape index (κ3) is 4.69. The van der Waals surface area contributed by atoms with Crippen molar-refractivity contribution in [3.63, 3.8) is 0 Å². The number of methoxy groups -OCH3 is 1. The third-order valence-electron chi connectivity index (χ3n) is 6.26. The predicted octanol–water partition coefficient (Wildman–Crippen LogP) is 5.38. The average molecular weight is 494 g/mol. The molecule has 1 aliphatic heterocycles. The van der Waals surface area contributed by atoms with Crippen molar-refractivity contribution >= 4 is 29.0 Å². The van der Waals surface area contributed by atoms with Crippen molar-refractivity contribution in [1.29, 1.82) is 0 Å². The summed E-state index contributed by atoms with van der Waals surface area (Å²) < 4.78 is 7.11. The van der Waals surface area contributed by atoms with Gasteiger partial charge < -0.3 is 20.7 Å². The molecule has 0 aliphatic carbocycles. The van der Waals surface area contributed by atoms with E-state index in [2.05, 4.69) is 21.0 Å². The van der Waals surface area contributed by atoms with E-state index in [1.807, 2.05) is 80.6 Å². The maximum Gasteiger partial charge on any atom is 0.261 e. The van der Waals surface area contributed by atoms with E-state index in [1.54, 1.807) is 23.9 Å². The molecule has 1 aliphatic rings. The summed E-state index contributed by atoms with van der Waals surface area (Å²) in [6.45, 7) is 3.83. The molecule has 8 heteroatoms. The van der Waals surface area contributed by atoms with Crippen LogP contribution in [-0.4, -0.2) is 28.7 Å². The number of fused-ring (bicyclic) bond motifs is 1. The van der Waals surface area contributed by atoms with Gasteiger partial charge >= 0.3 is 0 Å². The molecular weight excluding hydrogens is 466 g/mol. The SMILES string of the molecule is COc1ccccc1NC(=O)C1=C(C)Nc2c(C(=O)Nc3ccccc3)cnn2[C@@H]1c1cccc(C)c1. The average Bonchev–Trinajstić information content (AvgIpc) is 3.32. The lowest BCUT2D eigenvalue weighted by molar-refractivity contribution is -0.113. The molecule has 4 aromatic rings.